The molecule has 0 saturated carbocycles. The van der Waals surface area contributed by atoms with Gasteiger partial charge >= 0.3 is 0 Å². The second-order valence-corrected chi connectivity index (χ2v) is 4.46. The average Bonchev–Trinajstić information content (AvgIpc) is 2.51. The van der Waals surface area contributed by atoms with Gasteiger partial charge in [-0.15, -0.1) is 0 Å². The van der Waals surface area contributed by atoms with Crippen LogP contribution in [0.2, 0.25) is 0 Å². The summed E-state index contributed by atoms with van der Waals surface area (Å²) < 4.78 is 16.4. The Morgan fingerprint density at radius 3 is 2.50 bits per heavy atom. The first-order valence-corrected chi connectivity index (χ1v) is 7.37. The van der Waals surface area contributed by atoms with Gasteiger partial charge in [0.1, 0.15) is 6.61 Å². The van der Waals surface area contributed by atoms with Gasteiger partial charge in [0.2, 0.25) is 0 Å². The van der Waals surface area contributed by atoms with Gasteiger partial charge in [0.05, 0.1) is 20.3 Å². The molecule has 2 rings (SSSR count). The number of aryl methyl sites for hydroxylation is 1. The summed E-state index contributed by atoms with van der Waals surface area (Å²) in [6, 6.07) is 5.99. The topological polar surface area (TPSA) is 30.9 Å². The number of benzene rings is 1. The third kappa shape index (κ3) is 5.39. The van der Waals surface area contributed by atoms with E-state index in [1.54, 1.807) is 7.11 Å². The highest BCUT2D eigenvalue weighted by atomic mass is 16.5. The Morgan fingerprint density at radius 1 is 1.15 bits per heavy atom. The van der Waals surface area contributed by atoms with E-state index in [4.69, 9.17) is 14.2 Å². The van der Waals surface area contributed by atoms with Gasteiger partial charge in [-0.25, -0.2) is 0 Å². The van der Waals surface area contributed by atoms with E-state index in [1.165, 1.54) is 5.56 Å². The zero-order valence-electron chi connectivity index (χ0n) is 13.1. The van der Waals surface area contributed by atoms with Crippen molar-refractivity contribution in [3.63, 3.8) is 0 Å². The van der Waals surface area contributed by atoms with Gasteiger partial charge in [0, 0.05) is 19.6 Å². The molecule has 0 radical (unpaired) electrons. The Hall–Kier alpha value is -1.26. The lowest BCUT2D eigenvalue weighted by atomic mass is 10.2. The zero-order chi connectivity index (χ0) is 14.8. The number of morpholine rings is 1. The first kappa shape index (κ1) is 16.8. The highest BCUT2D eigenvalue weighted by Gasteiger charge is 2.10. The predicted octanol–water partition coefficient (Wildman–Crippen LogP) is 2.74. The number of rotatable bonds is 5. The minimum Gasteiger partial charge on any atom is -0.493 e. The molecule has 1 saturated heterocycles. The average molecular weight is 281 g/mol. The van der Waals surface area contributed by atoms with Crippen LogP contribution in [-0.4, -0.2) is 51.5 Å². The molecule has 0 spiro atoms. The molecular formula is C16H27NO3. The van der Waals surface area contributed by atoms with Crippen molar-refractivity contribution in [2.75, 3.05) is 46.6 Å². The van der Waals surface area contributed by atoms with Gasteiger partial charge < -0.3 is 14.2 Å². The fourth-order valence-corrected chi connectivity index (χ4v) is 2.00. The van der Waals surface area contributed by atoms with Crippen LogP contribution in [-0.2, 0) is 4.74 Å². The third-order valence-electron chi connectivity index (χ3n) is 3.09. The molecule has 1 heterocycles. The van der Waals surface area contributed by atoms with Crippen LogP contribution in [0.25, 0.3) is 0 Å². The SMILES string of the molecule is CC.COc1cc(C)ccc1OCCN1CCOCC1. The minimum absolute atomic E-state index is 0.680. The molecule has 4 heteroatoms. The Kier molecular flexibility index (Phi) is 8.07. The molecule has 0 atom stereocenters. The Labute approximate surface area is 122 Å². The molecule has 1 aromatic carbocycles. The fraction of sp³-hybridized carbons (Fsp3) is 0.625. The van der Waals surface area contributed by atoms with E-state index >= 15 is 0 Å². The monoisotopic (exact) mass is 281 g/mol. The van der Waals surface area contributed by atoms with Crippen molar-refractivity contribution in [1.29, 1.82) is 0 Å². The van der Waals surface area contributed by atoms with Crippen molar-refractivity contribution in [2.24, 2.45) is 0 Å². The minimum atomic E-state index is 0.680. The number of hydrogen-bond donors (Lipinski definition) is 0. The normalized spacial score (nSPS) is 15.2. The molecule has 4 nitrogen and oxygen atoms in total. The van der Waals surface area contributed by atoms with E-state index in [1.807, 2.05) is 39.0 Å². The van der Waals surface area contributed by atoms with Gasteiger partial charge in [-0.1, -0.05) is 19.9 Å². The highest BCUT2D eigenvalue weighted by Crippen LogP contribution is 2.27. The maximum atomic E-state index is 5.78. The van der Waals surface area contributed by atoms with Gasteiger partial charge in [-0.05, 0) is 24.6 Å². The van der Waals surface area contributed by atoms with Crippen LogP contribution in [0.3, 0.4) is 0 Å². The van der Waals surface area contributed by atoms with E-state index < -0.39 is 0 Å². The van der Waals surface area contributed by atoms with Crippen LogP contribution in [0.1, 0.15) is 19.4 Å². The van der Waals surface area contributed by atoms with Crippen molar-refractivity contribution >= 4 is 0 Å². The van der Waals surface area contributed by atoms with E-state index in [9.17, 15) is 0 Å². The summed E-state index contributed by atoms with van der Waals surface area (Å²) in [4.78, 5) is 2.35. The lowest BCUT2D eigenvalue weighted by Crippen LogP contribution is -2.38. The first-order valence-electron chi connectivity index (χ1n) is 7.37. The van der Waals surface area contributed by atoms with E-state index in [0.29, 0.717) is 6.61 Å². The van der Waals surface area contributed by atoms with Gasteiger partial charge in [-0.2, -0.15) is 0 Å². The molecule has 0 aliphatic carbocycles. The summed E-state index contributed by atoms with van der Waals surface area (Å²) in [5.74, 6) is 1.62. The maximum Gasteiger partial charge on any atom is 0.161 e. The Balaban J connectivity index is 0.000000956. The standard InChI is InChI=1S/C14H21NO3.C2H6/c1-12-3-4-13(14(11-12)16-2)18-10-7-15-5-8-17-9-6-15;1-2/h3-4,11H,5-10H2,1-2H3;1-2H3. The van der Waals surface area contributed by atoms with Crippen LogP contribution in [0.4, 0.5) is 0 Å². The van der Waals surface area contributed by atoms with Crippen LogP contribution in [0.5, 0.6) is 11.5 Å². The summed E-state index contributed by atoms with van der Waals surface area (Å²) in [5.41, 5.74) is 1.17. The summed E-state index contributed by atoms with van der Waals surface area (Å²) in [6.07, 6.45) is 0. The largest absolute Gasteiger partial charge is 0.493 e. The third-order valence-corrected chi connectivity index (χ3v) is 3.09. The molecule has 20 heavy (non-hydrogen) atoms. The summed E-state index contributed by atoms with van der Waals surface area (Å²) in [7, 11) is 1.67. The van der Waals surface area contributed by atoms with Crippen molar-refractivity contribution in [1.82, 2.24) is 4.90 Å². The predicted molar refractivity (Wildman–Crippen MR) is 81.8 cm³/mol. The second-order valence-electron chi connectivity index (χ2n) is 4.46. The number of hydrogen-bond acceptors (Lipinski definition) is 4. The summed E-state index contributed by atoms with van der Waals surface area (Å²) >= 11 is 0. The molecule has 1 aliphatic heterocycles. The smallest absolute Gasteiger partial charge is 0.161 e. The van der Waals surface area contributed by atoms with Crippen molar-refractivity contribution in [3.05, 3.63) is 23.8 Å². The quantitative estimate of drug-likeness (QED) is 0.830. The lowest BCUT2D eigenvalue weighted by Gasteiger charge is -2.26. The van der Waals surface area contributed by atoms with Crippen molar-refractivity contribution in [2.45, 2.75) is 20.8 Å². The molecule has 0 amide bonds. The molecule has 1 fully saturated rings. The molecule has 1 aliphatic rings. The van der Waals surface area contributed by atoms with Gasteiger partial charge in [0.25, 0.3) is 0 Å². The molecule has 114 valence electrons. The molecular weight excluding hydrogens is 254 g/mol. The Morgan fingerprint density at radius 2 is 1.85 bits per heavy atom. The van der Waals surface area contributed by atoms with Crippen molar-refractivity contribution in [3.8, 4) is 11.5 Å². The van der Waals surface area contributed by atoms with E-state index in [0.717, 1.165) is 44.3 Å². The van der Waals surface area contributed by atoms with Gasteiger partial charge in [-0.3, -0.25) is 4.90 Å². The molecule has 0 aromatic heterocycles. The highest BCUT2D eigenvalue weighted by molar-refractivity contribution is 5.42. The zero-order valence-corrected chi connectivity index (χ0v) is 13.1. The van der Waals surface area contributed by atoms with E-state index in [2.05, 4.69) is 4.90 Å². The summed E-state index contributed by atoms with van der Waals surface area (Å²) in [6.45, 7) is 11.3. The van der Waals surface area contributed by atoms with Crippen LogP contribution in [0.15, 0.2) is 18.2 Å². The van der Waals surface area contributed by atoms with Crippen LogP contribution < -0.4 is 9.47 Å². The lowest BCUT2D eigenvalue weighted by molar-refractivity contribution is 0.0321. The van der Waals surface area contributed by atoms with Crippen molar-refractivity contribution < 1.29 is 14.2 Å². The number of methoxy groups -OCH3 is 1. The van der Waals surface area contributed by atoms with Gasteiger partial charge in [0.15, 0.2) is 11.5 Å². The van der Waals surface area contributed by atoms with Crippen LogP contribution >= 0.6 is 0 Å². The number of nitrogens with zero attached hydrogens (tertiary/aromatic N) is 1. The second kappa shape index (κ2) is 9.61. The number of ether oxygens (including phenoxy) is 3. The van der Waals surface area contributed by atoms with E-state index in [-0.39, 0.29) is 0 Å². The molecule has 0 N–H and O–H groups in total. The summed E-state index contributed by atoms with van der Waals surface area (Å²) in [5, 5.41) is 0. The first-order chi connectivity index (χ1) is 9.79. The molecule has 0 unspecified atom stereocenters. The van der Waals surface area contributed by atoms with Crippen LogP contribution in [0, 0.1) is 6.92 Å². The Bertz CT molecular complexity index is 376. The molecule has 0 bridgehead atoms. The maximum absolute atomic E-state index is 5.78. The molecule has 1 aromatic rings. The fourth-order valence-electron chi connectivity index (χ4n) is 2.00.